The number of anilines is 3. The van der Waals surface area contributed by atoms with E-state index in [2.05, 4.69) is 10.2 Å². The normalized spacial score (nSPS) is 10.4. The van der Waals surface area contributed by atoms with Crippen LogP contribution in [0, 0.1) is 0 Å². The number of hydrogen-bond acceptors (Lipinski definition) is 5. The van der Waals surface area contributed by atoms with Gasteiger partial charge in [0.1, 0.15) is 0 Å². The van der Waals surface area contributed by atoms with Gasteiger partial charge in [-0.3, -0.25) is 4.90 Å². The van der Waals surface area contributed by atoms with Crippen LogP contribution in [0.4, 0.5) is 17.4 Å². The Bertz CT molecular complexity index is 691. The van der Waals surface area contributed by atoms with E-state index in [1.54, 1.807) is 12.1 Å². The van der Waals surface area contributed by atoms with E-state index in [0.29, 0.717) is 17.6 Å². The van der Waals surface area contributed by atoms with Crippen molar-refractivity contribution < 1.29 is 4.42 Å². The second kappa shape index (κ2) is 5.05. The van der Waals surface area contributed by atoms with Gasteiger partial charge < -0.3 is 10.2 Å². The summed E-state index contributed by atoms with van der Waals surface area (Å²) in [4.78, 5) is 1.84. The Labute approximate surface area is 116 Å². The summed E-state index contributed by atoms with van der Waals surface area (Å²) in [7, 11) is 1.88. The fourth-order valence-electron chi connectivity index (χ4n) is 1.86. The lowest BCUT2D eigenvalue weighted by Gasteiger charge is -2.13. The van der Waals surface area contributed by atoms with Crippen LogP contribution in [-0.2, 0) is 0 Å². The lowest BCUT2D eigenvalue weighted by atomic mass is 10.2. The van der Waals surface area contributed by atoms with Crippen LogP contribution in [0.5, 0.6) is 0 Å². The number of benzene rings is 2. The van der Waals surface area contributed by atoms with Crippen molar-refractivity contribution in [3.63, 3.8) is 0 Å². The number of rotatable bonds is 3. The van der Waals surface area contributed by atoms with Crippen molar-refractivity contribution in [1.29, 1.82) is 0 Å². The molecule has 0 fully saturated rings. The van der Waals surface area contributed by atoms with Crippen molar-refractivity contribution in [2.45, 2.75) is 0 Å². The van der Waals surface area contributed by atoms with Gasteiger partial charge in [0.15, 0.2) is 0 Å². The van der Waals surface area contributed by atoms with Crippen molar-refractivity contribution >= 4 is 17.4 Å². The van der Waals surface area contributed by atoms with Crippen molar-refractivity contribution in [3.8, 4) is 11.5 Å². The minimum Gasteiger partial charge on any atom is -0.403 e. The van der Waals surface area contributed by atoms with Gasteiger partial charge in [-0.1, -0.05) is 23.3 Å². The van der Waals surface area contributed by atoms with Gasteiger partial charge in [0, 0.05) is 24.0 Å². The van der Waals surface area contributed by atoms with Gasteiger partial charge >= 0.3 is 6.01 Å². The molecule has 0 aliphatic carbocycles. The molecule has 1 aromatic heterocycles. The predicted molar refractivity (Wildman–Crippen MR) is 78.7 cm³/mol. The Balaban J connectivity index is 1.89. The first kappa shape index (κ1) is 12.2. The molecule has 20 heavy (non-hydrogen) atoms. The van der Waals surface area contributed by atoms with E-state index in [1.165, 1.54) is 0 Å². The Morgan fingerprint density at radius 2 is 1.65 bits per heavy atom. The van der Waals surface area contributed by atoms with E-state index in [1.807, 2.05) is 54.4 Å². The Kier molecular flexibility index (Phi) is 3.09. The number of nitrogen functional groups attached to an aromatic ring is 1. The lowest BCUT2D eigenvalue weighted by Crippen LogP contribution is -2.09. The van der Waals surface area contributed by atoms with Gasteiger partial charge in [0.05, 0.1) is 0 Å². The molecule has 0 unspecified atom stereocenters. The fraction of sp³-hybridized carbons (Fsp3) is 0.0667. The molecule has 1 heterocycles. The third-order valence-electron chi connectivity index (χ3n) is 3.00. The summed E-state index contributed by atoms with van der Waals surface area (Å²) in [6, 6.07) is 17.6. The zero-order chi connectivity index (χ0) is 13.9. The van der Waals surface area contributed by atoms with E-state index < -0.39 is 0 Å². The summed E-state index contributed by atoms with van der Waals surface area (Å²) in [5.41, 5.74) is 8.20. The molecule has 3 aromatic rings. The SMILES string of the molecule is CN(c1ccccc1)c1nnc(-c2ccc(N)cc2)o1. The molecule has 0 aliphatic heterocycles. The Hall–Kier alpha value is -2.82. The maximum Gasteiger partial charge on any atom is 0.322 e. The molecule has 2 aromatic carbocycles. The first-order chi connectivity index (χ1) is 9.74. The molecule has 0 bridgehead atoms. The molecule has 100 valence electrons. The van der Waals surface area contributed by atoms with E-state index in [-0.39, 0.29) is 0 Å². The van der Waals surface area contributed by atoms with Gasteiger partial charge in [-0.25, -0.2) is 0 Å². The number of hydrogen-bond donors (Lipinski definition) is 1. The van der Waals surface area contributed by atoms with Crippen molar-refractivity contribution in [2.75, 3.05) is 17.7 Å². The minimum absolute atomic E-state index is 0.447. The van der Waals surface area contributed by atoms with Crippen molar-refractivity contribution in [1.82, 2.24) is 10.2 Å². The molecule has 0 atom stereocenters. The van der Waals surface area contributed by atoms with Gasteiger partial charge in [0.2, 0.25) is 5.89 Å². The smallest absolute Gasteiger partial charge is 0.322 e. The maximum absolute atomic E-state index is 5.69. The summed E-state index contributed by atoms with van der Waals surface area (Å²) >= 11 is 0. The molecule has 0 aliphatic rings. The first-order valence-corrected chi connectivity index (χ1v) is 6.22. The van der Waals surface area contributed by atoms with E-state index in [4.69, 9.17) is 10.2 Å². The molecule has 0 spiro atoms. The van der Waals surface area contributed by atoms with E-state index in [0.717, 1.165) is 11.3 Å². The molecule has 2 N–H and O–H groups in total. The van der Waals surface area contributed by atoms with Crippen molar-refractivity contribution in [2.24, 2.45) is 0 Å². The van der Waals surface area contributed by atoms with Crippen molar-refractivity contribution in [3.05, 3.63) is 54.6 Å². The third-order valence-corrected chi connectivity index (χ3v) is 3.00. The summed E-state index contributed by atoms with van der Waals surface area (Å²) < 4.78 is 5.69. The molecule has 5 nitrogen and oxygen atoms in total. The average Bonchev–Trinajstić information content (AvgIpc) is 2.98. The minimum atomic E-state index is 0.447. The summed E-state index contributed by atoms with van der Waals surface area (Å²) in [5, 5.41) is 8.13. The Morgan fingerprint density at radius 1 is 0.950 bits per heavy atom. The first-order valence-electron chi connectivity index (χ1n) is 6.22. The molecule has 5 heteroatoms. The molecular formula is C15H14N4O. The van der Waals surface area contributed by atoms with Gasteiger partial charge in [-0.2, -0.15) is 0 Å². The molecular weight excluding hydrogens is 252 g/mol. The number of aromatic nitrogens is 2. The van der Waals surface area contributed by atoms with Crippen LogP contribution < -0.4 is 10.6 Å². The highest BCUT2D eigenvalue weighted by Crippen LogP contribution is 2.26. The molecule has 0 saturated heterocycles. The van der Waals surface area contributed by atoms with Crippen LogP contribution in [0.3, 0.4) is 0 Å². The van der Waals surface area contributed by atoms with Gasteiger partial charge in [0.25, 0.3) is 0 Å². The topological polar surface area (TPSA) is 68.2 Å². The summed E-state index contributed by atoms with van der Waals surface area (Å²) in [6.07, 6.45) is 0. The second-order valence-corrected chi connectivity index (χ2v) is 4.41. The quantitative estimate of drug-likeness (QED) is 0.738. The molecule has 0 saturated carbocycles. The zero-order valence-electron chi connectivity index (χ0n) is 11.0. The molecule has 3 rings (SSSR count). The fourth-order valence-corrected chi connectivity index (χ4v) is 1.86. The Morgan fingerprint density at radius 3 is 2.35 bits per heavy atom. The van der Waals surface area contributed by atoms with E-state index in [9.17, 15) is 0 Å². The monoisotopic (exact) mass is 266 g/mol. The summed E-state index contributed by atoms with van der Waals surface area (Å²) in [6.45, 7) is 0. The molecule has 0 amide bonds. The third kappa shape index (κ3) is 2.33. The molecule has 0 radical (unpaired) electrons. The number of para-hydroxylation sites is 1. The highest BCUT2D eigenvalue weighted by molar-refractivity contribution is 5.59. The van der Waals surface area contributed by atoms with Crippen LogP contribution in [0.25, 0.3) is 11.5 Å². The van der Waals surface area contributed by atoms with Crippen LogP contribution in [0.1, 0.15) is 0 Å². The summed E-state index contributed by atoms with van der Waals surface area (Å²) in [5.74, 6) is 0.475. The van der Waals surface area contributed by atoms with Crippen LogP contribution in [0.2, 0.25) is 0 Å². The van der Waals surface area contributed by atoms with Gasteiger partial charge in [-0.05, 0) is 36.4 Å². The second-order valence-electron chi connectivity index (χ2n) is 4.41. The largest absolute Gasteiger partial charge is 0.403 e. The maximum atomic E-state index is 5.69. The number of nitrogens with zero attached hydrogens (tertiary/aromatic N) is 3. The van der Waals surface area contributed by atoms with E-state index >= 15 is 0 Å². The van der Waals surface area contributed by atoms with Crippen LogP contribution >= 0.6 is 0 Å². The highest BCUT2D eigenvalue weighted by Gasteiger charge is 2.13. The standard InChI is InChI=1S/C15H14N4O/c1-19(13-5-3-2-4-6-13)15-18-17-14(20-15)11-7-9-12(16)10-8-11/h2-10H,16H2,1H3. The predicted octanol–water partition coefficient (Wildman–Crippen LogP) is 3.09. The number of nitrogens with two attached hydrogens (primary N) is 1. The zero-order valence-corrected chi connectivity index (χ0v) is 11.0. The highest BCUT2D eigenvalue weighted by atomic mass is 16.4. The van der Waals surface area contributed by atoms with Gasteiger partial charge in [-0.15, -0.1) is 5.10 Å². The average molecular weight is 266 g/mol. The van der Waals surface area contributed by atoms with Crippen LogP contribution in [-0.4, -0.2) is 17.2 Å². The lowest BCUT2D eigenvalue weighted by molar-refractivity contribution is 0.571. The van der Waals surface area contributed by atoms with Crippen LogP contribution in [0.15, 0.2) is 59.0 Å².